The van der Waals surface area contributed by atoms with Crippen LogP contribution < -0.4 is 10.6 Å². The number of imidazole rings is 1. The van der Waals surface area contributed by atoms with Gasteiger partial charge in [-0.3, -0.25) is 14.3 Å². The Kier molecular flexibility index (Phi) is 4.35. The van der Waals surface area contributed by atoms with Crippen molar-refractivity contribution in [3.8, 4) is 5.82 Å². The molecule has 0 saturated carbocycles. The van der Waals surface area contributed by atoms with E-state index in [2.05, 4.69) is 25.6 Å². The van der Waals surface area contributed by atoms with Crippen LogP contribution in [-0.4, -0.2) is 50.2 Å². The number of amides is 1. The minimum absolute atomic E-state index is 0.0378. The van der Waals surface area contributed by atoms with Crippen LogP contribution in [0, 0.1) is 6.92 Å². The highest BCUT2D eigenvalue weighted by atomic mass is 16.5. The van der Waals surface area contributed by atoms with E-state index in [0.29, 0.717) is 18.1 Å². The Morgan fingerprint density at radius 3 is 3.04 bits per heavy atom. The lowest BCUT2D eigenvalue weighted by Gasteiger charge is -2.36. The second kappa shape index (κ2) is 6.79. The standard InChI is InChI=1S/C17H22N6O2/c1-11-19-6-7-23(11)15-10-18-9-14(21-15)20-12-4-5-16(24)22-17(12)13-3-2-8-25-13/h6-7,9-10,12-13,17H,2-5,8H2,1H3,(H,20,21)(H,22,24)/t12-,13?,17-/m0/s1. The number of hydrogen-bond donors (Lipinski definition) is 2. The number of anilines is 1. The number of nitrogens with zero attached hydrogens (tertiary/aromatic N) is 4. The molecule has 8 nitrogen and oxygen atoms in total. The van der Waals surface area contributed by atoms with Gasteiger partial charge in [0.1, 0.15) is 11.6 Å². The summed E-state index contributed by atoms with van der Waals surface area (Å²) < 4.78 is 7.69. The number of hydrogen-bond acceptors (Lipinski definition) is 6. The molecule has 1 unspecified atom stereocenters. The van der Waals surface area contributed by atoms with Crippen molar-refractivity contribution in [3.63, 3.8) is 0 Å². The molecule has 2 aromatic heterocycles. The zero-order chi connectivity index (χ0) is 17.2. The number of carbonyl (C=O) groups excluding carboxylic acids is 1. The van der Waals surface area contributed by atoms with E-state index in [0.717, 1.165) is 31.7 Å². The predicted molar refractivity (Wildman–Crippen MR) is 91.4 cm³/mol. The van der Waals surface area contributed by atoms with Gasteiger partial charge in [0, 0.05) is 25.4 Å². The third kappa shape index (κ3) is 3.34. The van der Waals surface area contributed by atoms with Crippen molar-refractivity contribution in [3.05, 3.63) is 30.6 Å². The van der Waals surface area contributed by atoms with Gasteiger partial charge in [-0.05, 0) is 26.2 Å². The first-order valence-corrected chi connectivity index (χ1v) is 8.70. The van der Waals surface area contributed by atoms with Crippen LogP contribution in [0.3, 0.4) is 0 Å². The summed E-state index contributed by atoms with van der Waals surface area (Å²) in [5.41, 5.74) is 0. The fraction of sp³-hybridized carbons (Fsp3) is 0.529. The molecule has 0 radical (unpaired) electrons. The maximum atomic E-state index is 11.8. The number of piperidine rings is 1. The van der Waals surface area contributed by atoms with E-state index < -0.39 is 0 Å². The van der Waals surface area contributed by atoms with E-state index in [-0.39, 0.29) is 24.1 Å². The summed E-state index contributed by atoms with van der Waals surface area (Å²) in [4.78, 5) is 25.0. The molecular formula is C17H22N6O2. The Balaban J connectivity index is 1.54. The van der Waals surface area contributed by atoms with Gasteiger partial charge in [0.05, 0.1) is 30.6 Å². The Morgan fingerprint density at radius 1 is 1.36 bits per heavy atom. The third-order valence-corrected chi connectivity index (χ3v) is 4.84. The number of carbonyl (C=O) groups is 1. The quantitative estimate of drug-likeness (QED) is 0.867. The van der Waals surface area contributed by atoms with Gasteiger partial charge in [-0.2, -0.15) is 0 Å². The Labute approximate surface area is 146 Å². The van der Waals surface area contributed by atoms with E-state index >= 15 is 0 Å². The molecule has 0 aromatic carbocycles. The summed E-state index contributed by atoms with van der Waals surface area (Å²) in [5.74, 6) is 2.35. The van der Waals surface area contributed by atoms with E-state index in [1.807, 2.05) is 17.7 Å². The zero-order valence-electron chi connectivity index (χ0n) is 14.2. The molecule has 8 heteroatoms. The maximum Gasteiger partial charge on any atom is 0.220 e. The second-order valence-electron chi connectivity index (χ2n) is 6.54. The summed E-state index contributed by atoms with van der Waals surface area (Å²) in [6, 6.07) is 0.0402. The molecular weight excluding hydrogens is 320 g/mol. The molecule has 132 valence electrons. The Bertz CT molecular complexity index is 755. The lowest BCUT2D eigenvalue weighted by molar-refractivity contribution is -0.124. The van der Waals surface area contributed by atoms with Crippen molar-refractivity contribution in [1.82, 2.24) is 24.8 Å². The van der Waals surface area contributed by atoms with Gasteiger partial charge in [0.2, 0.25) is 5.91 Å². The van der Waals surface area contributed by atoms with Gasteiger partial charge in [-0.25, -0.2) is 9.97 Å². The largest absolute Gasteiger partial charge is 0.376 e. The van der Waals surface area contributed by atoms with Gasteiger partial charge in [-0.15, -0.1) is 0 Å². The first kappa shape index (κ1) is 16.0. The van der Waals surface area contributed by atoms with Gasteiger partial charge in [0.25, 0.3) is 0 Å². The fourth-order valence-electron chi connectivity index (χ4n) is 3.58. The van der Waals surface area contributed by atoms with Crippen molar-refractivity contribution < 1.29 is 9.53 Å². The van der Waals surface area contributed by atoms with Gasteiger partial charge in [0.15, 0.2) is 5.82 Å². The molecule has 4 rings (SSSR count). The summed E-state index contributed by atoms with van der Waals surface area (Å²) in [5, 5.41) is 6.54. The average Bonchev–Trinajstić information content (AvgIpc) is 3.28. The van der Waals surface area contributed by atoms with E-state index in [1.165, 1.54) is 0 Å². The Morgan fingerprint density at radius 2 is 2.28 bits per heavy atom. The van der Waals surface area contributed by atoms with Crippen molar-refractivity contribution in [2.45, 2.75) is 50.8 Å². The summed E-state index contributed by atoms with van der Waals surface area (Å²) in [7, 11) is 0. The molecule has 1 amide bonds. The van der Waals surface area contributed by atoms with Gasteiger partial charge >= 0.3 is 0 Å². The van der Waals surface area contributed by atoms with Gasteiger partial charge in [-0.1, -0.05) is 0 Å². The molecule has 0 bridgehead atoms. The van der Waals surface area contributed by atoms with Crippen LogP contribution in [0.1, 0.15) is 31.5 Å². The second-order valence-corrected chi connectivity index (χ2v) is 6.54. The number of rotatable bonds is 4. The van der Waals surface area contributed by atoms with E-state index in [1.54, 1.807) is 18.6 Å². The molecule has 2 aliphatic heterocycles. The van der Waals surface area contributed by atoms with Crippen LogP contribution in [0.15, 0.2) is 24.8 Å². The molecule has 2 aromatic rings. The number of aromatic nitrogens is 4. The lowest BCUT2D eigenvalue weighted by Crippen LogP contribution is -2.56. The smallest absolute Gasteiger partial charge is 0.220 e. The first-order valence-electron chi connectivity index (χ1n) is 8.70. The molecule has 2 aliphatic rings. The van der Waals surface area contributed by atoms with Crippen LogP contribution in [0.25, 0.3) is 5.82 Å². The molecule has 2 saturated heterocycles. The first-order chi connectivity index (χ1) is 12.2. The van der Waals surface area contributed by atoms with Crippen LogP contribution in [0.5, 0.6) is 0 Å². The monoisotopic (exact) mass is 342 g/mol. The maximum absolute atomic E-state index is 11.8. The number of nitrogens with one attached hydrogen (secondary N) is 2. The summed E-state index contributed by atoms with van der Waals surface area (Å²) in [6.07, 6.45) is 10.4. The number of ether oxygens (including phenoxy) is 1. The van der Waals surface area contributed by atoms with Crippen molar-refractivity contribution in [2.24, 2.45) is 0 Å². The van der Waals surface area contributed by atoms with E-state index in [4.69, 9.17) is 4.74 Å². The minimum atomic E-state index is -0.0378. The SMILES string of the molecule is Cc1nccn1-c1cncc(N[C@H]2CCC(=O)N[C@@H]2C2CCCO2)n1. The third-order valence-electron chi connectivity index (χ3n) is 4.84. The molecule has 2 N–H and O–H groups in total. The highest BCUT2D eigenvalue weighted by Crippen LogP contribution is 2.24. The van der Waals surface area contributed by atoms with E-state index in [9.17, 15) is 4.79 Å². The van der Waals surface area contributed by atoms with Crippen LogP contribution in [-0.2, 0) is 9.53 Å². The fourth-order valence-corrected chi connectivity index (χ4v) is 3.58. The molecule has 3 atom stereocenters. The summed E-state index contributed by atoms with van der Waals surface area (Å²) in [6.45, 7) is 2.69. The lowest BCUT2D eigenvalue weighted by atomic mass is 9.92. The molecule has 25 heavy (non-hydrogen) atoms. The van der Waals surface area contributed by atoms with Crippen LogP contribution >= 0.6 is 0 Å². The average molecular weight is 342 g/mol. The highest BCUT2D eigenvalue weighted by Gasteiger charge is 2.37. The van der Waals surface area contributed by atoms with Crippen molar-refractivity contribution in [2.75, 3.05) is 11.9 Å². The highest BCUT2D eigenvalue weighted by molar-refractivity contribution is 5.77. The zero-order valence-corrected chi connectivity index (χ0v) is 14.2. The Hall–Kier alpha value is -2.48. The predicted octanol–water partition coefficient (Wildman–Crippen LogP) is 1.21. The van der Waals surface area contributed by atoms with Crippen LogP contribution in [0.4, 0.5) is 5.82 Å². The normalized spacial score (nSPS) is 26.4. The topological polar surface area (TPSA) is 94.0 Å². The summed E-state index contributed by atoms with van der Waals surface area (Å²) >= 11 is 0. The van der Waals surface area contributed by atoms with Gasteiger partial charge < -0.3 is 15.4 Å². The molecule has 2 fully saturated rings. The molecule has 4 heterocycles. The molecule has 0 spiro atoms. The van der Waals surface area contributed by atoms with Crippen molar-refractivity contribution in [1.29, 1.82) is 0 Å². The number of aryl methyl sites for hydroxylation is 1. The van der Waals surface area contributed by atoms with Crippen molar-refractivity contribution >= 4 is 11.7 Å². The molecule has 0 aliphatic carbocycles. The van der Waals surface area contributed by atoms with Crippen LogP contribution in [0.2, 0.25) is 0 Å². The minimum Gasteiger partial charge on any atom is -0.376 e.